The predicted molar refractivity (Wildman–Crippen MR) is 97.8 cm³/mol. The first kappa shape index (κ1) is 15.8. The molecule has 2 aromatic heterocycles. The van der Waals surface area contributed by atoms with Gasteiger partial charge in [0.15, 0.2) is 4.96 Å². The number of aryl methyl sites for hydroxylation is 1. The van der Waals surface area contributed by atoms with Gasteiger partial charge in [-0.2, -0.15) is 0 Å². The van der Waals surface area contributed by atoms with Gasteiger partial charge < -0.3 is 5.32 Å². The second-order valence-corrected chi connectivity index (χ2v) is 7.60. The standard InChI is InChI=1S/C18H18ClN3OS/c1-11-10-24-18-21-15(8-16(23)22(11)18)9-20-17(12-2-3-12)13-4-6-14(19)7-5-13/h4-8,10,12,17,20H,2-3,9H2,1H3/t17-/m0/s1. The molecule has 1 aliphatic rings. The number of nitrogens with zero attached hydrogens (tertiary/aromatic N) is 2. The van der Waals surface area contributed by atoms with Crippen LogP contribution in [-0.2, 0) is 6.54 Å². The van der Waals surface area contributed by atoms with Crippen molar-refractivity contribution in [2.24, 2.45) is 5.92 Å². The van der Waals surface area contributed by atoms with E-state index in [-0.39, 0.29) is 11.6 Å². The molecule has 124 valence electrons. The highest BCUT2D eigenvalue weighted by molar-refractivity contribution is 7.15. The predicted octanol–water partition coefficient (Wildman–Crippen LogP) is 3.96. The van der Waals surface area contributed by atoms with Crippen molar-refractivity contribution < 1.29 is 0 Å². The number of nitrogens with one attached hydrogen (secondary N) is 1. The van der Waals surface area contributed by atoms with Gasteiger partial charge >= 0.3 is 0 Å². The van der Waals surface area contributed by atoms with Gasteiger partial charge in [-0.15, -0.1) is 11.3 Å². The summed E-state index contributed by atoms with van der Waals surface area (Å²) in [6, 6.07) is 9.93. The first-order chi connectivity index (χ1) is 11.6. The van der Waals surface area contributed by atoms with Gasteiger partial charge in [0.2, 0.25) is 0 Å². The molecule has 0 aliphatic heterocycles. The van der Waals surface area contributed by atoms with Crippen molar-refractivity contribution in [1.82, 2.24) is 14.7 Å². The van der Waals surface area contributed by atoms with Gasteiger partial charge in [0.1, 0.15) is 0 Å². The summed E-state index contributed by atoms with van der Waals surface area (Å²) in [5, 5.41) is 6.29. The van der Waals surface area contributed by atoms with Crippen LogP contribution in [0.2, 0.25) is 5.02 Å². The molecule has 1 aliphatic carbocycles. The maximum absolute atomic E-state index is 12.3. The third kappa shape index (κ3) is 3.11. The lowest BCUT2D eigenvalue weighted by atomic mass is 10.0. The monoisotopic (exact) mass is 359 g/mol. The fraction of sp³-hybridized carbons (Fsp3) is 0.333. The summed E-state index contributed by atoms with van der Waals surface area (Å²) < 4.78 is 1.66. The van der Waals surface area contributed by atoms with Crippen molar-refractivity contribution in [3.63, 3.8) is 0 Å². The van der Waals surface area contributed by atoms with E-state index in [0.29, 0.717) is 12.5 Å². The van der Waals surface area contributed by atoms with Crippen LogP contribution in [0.25, 0.3) is 4.96 Å². The molecule has 3 aromatic rings. The molecular formula is C18H18ClN3OS. The minimum atomic E-state index is -0.00925. The van der Waals surface area contributed by atoms with Gasteiger partial charge in [0.05, 0.1) is 5.69 Å². The average Bonchev–Trinajstić information content (AvgIpc) is 3.33. The summed E-state index contributed by atoms with van der Waals surface area (Å²) in [4.78, 5) is 17.6. The number of aromatic nitrogens is 2. The molecule has 0 bridgehead atoms. The van der Waals surface area contributed by atoms with Crippen LogP contribution in [-0.4, -0.2) is 9.38 Å². The zero-order valence-corrected chi connectivity index (χ0v) is 14.9. The second kappa shape index (κ2) is 6.31. The number of hydrogen-bond donors (Lipinski definition) is 1. The molecule has 0 unspecified atom stereocenters. The quantitative estimate of drug-likeness (QED) is 0.750. The van der Waals surface area contributed by atoms with Crippen molar-refractivity contribution >= 4 is 27.9 Å². The van der Waals surface area contributed by atoms with E-state index in [1.807, 2.05) is 24.4 Å². The summed E-state index contributed by atoms with van der Waals surface area (Å²) >= 11 is 7.50. The van der Waals surface area contributed by atoms with E-state index in [4.69, 9.17) is 11.6 Å². The number of hydrogen-bond acceptors (Lipinski definition) is 4. The van der Waals surface area contributed by atoms with Crippen molar-refractivity contribution in [2.75, 3.05) is 0 Å². The second-order valence-electron chi connectivity index (χ2n) is 6.33. The molecule has 1 fully saturated rings. The first-order valence-electron chi connectivity index (χ1n) is 8.07. The van der Waals surface area contributed by atoms with Crippen molar-refractivity contribution in [3.05, 3.63) is 68.0 Å². The normalized spacial score (nSPS) is 15.8. The highest BCUT2D eigenvalue weighted by Crippen LogP contribution is 2.41. The number of fused-ring (bicyclic) bond motifs is 1. The highest BCUT2D eigenvalue weighted by Gasteiger charge is 2.32. The van der Waals surface area contributed by atoms with Crippen LogP contribution in [0, 0.1) is 12.8 Å². The molecule has 0 spiro atoms. The Morgan fingerprint density at radius 1 is 1.38 bits per heavy atom. The van der Waals surface area contributed by atoms with Crippen molar-refractivity contribution in [2.45, 2.75) is 32.4 Å². The number of halogens is 1. The van der Waals surface area contributed by atoms with E-state index in [2.05, 4.69) is 22.4 Å². The zero-order chi connectivity index (χ0) is 16.7. The SMILES string of the molecule is Cc1csc2nc(CN[C@H](c3ccc(Cl)cc3)C3CC3)cc(=O)n12. The molecule has 1 atom stereocenters. The Kier molecular flexibility index (Phi) is 4.16. The van der Waals surface area contributed by atoms with Crippen LogP contribution in [0.3, 0.4) is 0 Å². The molecule has 24 heavy (non-hydrogen) atoms. The minimum Gasteiger partial charge on any atom is -0.304 e. The Bertz CT molecular complexity index is 928. The van der Waals surface area contributed by atoms with E-state index < -0.39 is 0 Å². The van der Waals surface area contributed by atoms with Crippen molar-refractivity contribution in [1.29, 1.82) is 0 Å². The molecule has 6 heteroatoms. The topological polar surface area (TPSA) is 46.4 Å². The minimum absolute atomic E-state index is 0.00925. The largest absolute Gasteiger partial charge is 0.304 e. The van der Waals surface area contributed by atoms with E-state index in [9.17, 15) is 4.79 Å². The van der Waals surface area contributed by atoms with Gasteiger partial charge in [-0.1, -0.05) is 23.7 Å². The Morgan fingerprint density at radius 3 is 2.83 bits per heavy atom. The molecule has 1 N–H and O–H groups in total. The average molecular weight is 360 g/mol. The van der Waals surface area contributed by atoms with Gasteiger partial charge in [0, 0.05) is 34.7 Å². The Hall–Kier alpha value is -1.69. The fourth-order valence-electron chi connectivity index (χ4n) is 3.06. The maximum atomic E-state index is 12.3. The fourth-order valence-corrected chi connectivity index (χ4v) is 4.08. The molecule has 0 amide bonds. The lowest BCUT2D eigenvalue weighted by molar-refractivity contribution is 0.476. The van der Waals surface area contributed by atoms with Crippen LogP contribution in [0.5, 0.6) is 0 Å². The third-order valence-electron chi connectivity index (χ3n) is 4.45. The lowest BCUT2D eigenvalue weighted by Crippen LogP contribution is -2.25. The van der Waals surface area contributed by atoms with E-state index in [1.165, 1.54) is 29.7 Å². The summed E-state index contributed by atoms with van der Waals surface area (Å²) in [5.41, 5.74) is 2.96. The van der Waals surface area contributed by atoms with Gasteiger partial charge in [0.25, 0.3) is 5.56 Å². The molecule has 0 saturated heterocycles. The summed E-state index contributed by atoms with van der Waals surface area (Å²) in [5.74, 6) is 0.653. The van der Waals surface area contributed by atoms with Gasteiger partial charge in [-0.3, -0.25) is 9.20 Å². The third-order valence-corrected chi connectivity index (χ3v) is 5.65. The molecule has 1 saturated carbocycles. The van der Waals surface area contributed by atoms with E-state index in [0.717, 1.165) is 21.4 Å². The molecule has 4 rings (SSSR count). The van der Waals surface area contributed by atoms with Crippen LogP contribution in [0.1, 0.15) is 35.8 Å². The lowest BCUT2D eigenvalue weighted by Gasteiger charge is -2.18. The van der Waals surface area contributed by atoms with Crippen LogP contribution in [0.15, 0.2) is 40.5 Å². The van der Waals surface area contributed by atoms with Crippen molar-refractivity contribution in [3.8, 4) is 0 Å². The van der Waals surface area contributed by atoms with Gasteiger partial charge in [-0.05, 0) is 43.4 Å². The number of rotatable bonds is 5. The Balaban J connectivity index is 1.56. The molecule has 2 heterocycles. The van der Waals surface area contributed by atoms with Crippen LogP contribution in [0.4, 0.5) is 0 Å². The molecule has 4 nitrogen and oxygen atoms in total. The number of benzene rings is 1. The van der Waals surface area contributed by atoms with E-state index in [1.54, 1.807) is 10.5 Å². The van der Waals surface area contributed by atoms with Gasteiger partial charge in [-0.25, -0.2) is 4.98 Å². The van der Waals surface area contributed by atoms with E-state index >= 15 is 0 Å². The first-order valence-corrected chi connectivity index (χ1v) is 9.33. The summed E-state index contributed by atoms with van der Waals surface area (Å²) in [7, 11) is 0. The Labute approximate surface area is 149 Å². The molecule has 0 radical (unpaired) electrons. The number of thiazole rings is 1. The molecule has 1 aromatic carbocycles. The highest BCUT2D eigenvalue weighted by atomic mass is 35.5. The Morgan fingerprint density at radius 2 is 2.12 bits per heavy atom. The maximum Gasteiger partial charge on any atom is 0.259 e. The smallest absolute Gasteiger partial charge is 0.259 e. The molecular weight excluding hydrogens is 342 g/mol. The zero-order valence-electron chi connectivity index (χ0n) is 13.3. The van der Waals surface area contributed by atoms with Crippen LogP contribution < -0.4 is 10.9 Å². The van der Waals surface area contributed by atoms with Crippen LogP contribution >= 0.6 is 22.9 Å². The summed E-state index contributed by atoms with van der Waals surface area (Å²) in [6.45, 7) is 2.51. The summed E-state index contributed by atoms with van der Waals surface area (Å²) in [6.07, 6.45) is 2.47.